The average Bonchev–Trinajstić information content (AvgIpc) is 2.70. The van der Waals surface area contributed by atoms with E-state index in [1.807, 2.05) is 31.3 Å². The van der Waals surface area contributed by atoms with Gasteiger partial charge in [0.15, 0.2) is 0 Å². The number of anilines is 2. The van der Waals surface area contributed by atoms with Crippen LogP contribution in [0.3, 0.4) is 0 Å². The number of hydrogen-bond acceptors (Lipinski definition) is 4. The maximum atomic E-state index is 5.66. The lowest BCUT2D eigenvalue weighted by Crippen LogP contribution is -2.02. The molecule has 84 valence electrons. The van der Waals surface area contributed by atoms with Crippen molar-refractivity contribution < 1.29 is 4.74 Å². The Kier molecular flexibility index (Phi) is 2.68. The first-order valence-corrected chi connectivity index (χ1v) is 4.92. The summed E-state index contributed by atoms with van der Waals surface area (Å²) in [6.45, 7) is 0. The van der Waals surface area contributed by atoms with Crippen LogP contribution in [-0.2, 0) is 0 Å². The normalized spacial score (nSPS) is 10.1. The first kappa shape index (κ1) is 10.4. The van der Waals surface area contributed by atoms with Gasteiger partial charge in [-0.3, -0.25) is 0 Å². The molecule has 1 heterocycles. The highest BCUT2D eigenvalue weighted by Gasteiger charge is 2.06. The third-order valence-electron chi connectivity index (χ3n) is 2.28. The number of hydrogen-bond donors (Lipinski definition) is 2. The largest absolute Gasteiger partial charge is 0.497 e. The molecule has 0 amide bonds. The Balaban J connectivity index is 2.48. The van der Waals surface area contributed by atoms with Crippen LogP contribution in [0.4, 0.5) is 11.6 Å². The molecule has 3 N–H and O–H groups in total. The van der Waals surface area contributed by atoms with Crippen LogP contribution in [0.1, 0.15) is 0 Å². The summed E-state index contributed by atoms with van der Waals surface area (Å²) in [7, 11) is 3.46. The summed E-state index contributed by atoms with van der Waals surface area (Å²) in [6, 6.07) is 9.41. The molecule has 2 rings (SSSR count). The Morgan fingerprint density at radius 3 is 2.88 bits per heavy atom. The topological polar surface area (TPSA) is 65.1 Å². The Morgan fingerprint density at radius 2 is 2.19 bits per heavy atom. The Hall–Kier alpha value is -2.17. The minimum absolute atomic E-state index is 0.479. The molecule has 16 heavy (non-hydrogen) atoms. The number of aromatic nitrogens is 2. The van der Waals surface area contributed by atoms with Gasteiger partial charge in [-0.2, -0.15) is 0 Å². The molecule has 0 radical (unpaired) electrons. The minimum Gasteiger partial charge on any atom is -0.497 e. The molecule has 2 aromatic rings. The van der Waals surface area contributed by atoms with Crippen molar-refractivity contribution in [2.45, 2.75) is 0 Å². The molecule has 1 aromatic heterocycles. The van der Waals surface area contributed by atoms with Crippen LogP contribution in [-0.4, -0.2) is 23.9 Å². The number of benzene rings is 1. The van der Waals surface area contributed by atoms with Gasteiger partial charge in [0, 0.05) is 19.2 Å². The highest BCUT2D eigenvalue weighted by molar-refractivity contribution is 5.52. The fraction of sp³-hybridized carbons (Fsp3) is 0.182. The van der Waals surface area contributed by atoms with Crippen LogP contribution in [0.15, 0.2) is 30.3 Å². The summed E-state index contributed by atoms with van der Waals surface area (Å²) in [5, 5.41) is 7.24. The Labute approximate surface area is 93.8 Å². The van der Waals surface area contributed by atoms with Gasteiger partial charge in [-0.15, -0.1) is 5.10 Å². The van der Waals surface area contributed by atoms with Crippen LogP contribution in [0.5, 0.6) is 5.75 Å². The van der Waals surface area contributed by atoms with E-state index in [4.69, 9.17) is 10.5 Å². The van der Waals surface area contributed by atoms with E-state index in [2.05, 4.69) is 10.4 Å². The van der Waals surface area contributed by atoms with Gasteiger partial charge >= 0.3 is 0 Å². The second-order valence-electron chi connectivity index (χ2n) is 3.32. The summed E-state index contributed by atoms with van der Waals surface area (Å²) in [4.78, 5) is 0. The number of ether oxygens (including phenoxy) is 1. The van der Waals surface area contributed by atoms with Crippen LogP contribution in [0.2, 0.25) is 0 Å². The summed E-state index contributed by atoms with van der Waals surface area (Å²) in [6.07, 6.45) is 0. The summed E-state index contributed by atoms with van der Waals surface area (Å²) < 4.78 is 6.90. The van der Waals surface area contributed by atoms with E-state index in [0.717, 1.165) is 17.3 Å². The van der Waals surface area contributed by atoms with Crippen LogP contribution < -0.4 is 15.8 Å². The smallest absolute Gasteiger partial charge is 0.148 e. The second-order valence-corrected chi connectivity index (χ2v) is 3.32. The molecule has 0 fully saturated rings. The molecule has 5 nitrogen and oxygen atoms in total. The average molecular weight is 218 g/mol. The van der Waals surface area contributed by atoms with Crippen molar-refractivity contribution >= 4 is 11.6 Å². The minimum atomic E-state index is 0.479. The molecular formula is C11H14N4O. The highest BCUT2D eigenvalue weighted by atomic mass is 16.5. The number of rotatable bonds is 3. The fourth-order valence-corrected chi connectivity index (χ4v) is 1.52. The standard InChI is InChI=1S/C11H14N4O/c1-13-11-7-10(12)14-15(11)8-4-3-5-9(6-8)16-2/h3-7,13H,1-2H3,(H2,12,14). The maximum absolute atomic E-state index is 5.66. The third-order valence-corrected chi connectivity index (χ3v) is 2.28. The van der Waals surface area contributed by atoms with Gasteiger partial charge in [0.2, 0.25) is 0 Å². The van der Waals surface area contributed by atoms with Crippen LogP contribution >= 0.6 is 0 Å². The van der Waals surface area contributed by atoms with Crippen molar-refractivity contribution in [1.82, 2.24) is 9.78 Å². The maximum Gasteiger partial charge on any atom is 0.148 e. The van der Waals surface area contributed by atoms with E-state index in [-0.39, 0.29) is 0 Å². The molecule has 0 saturated heterocycles. The molecule has 5 heteroatoms. The van der Waals surface area contributed by atoms with Gasteiger partial charge in [0.1, 0.15) is 17.4 Å². The van der Waals surface area contributed by atoms with E-state index < -0.39 is 0 Å². The SMILES string of the molecule is CNc1cc(N)nn1-c1cccc(OC)c1. The lowest BCUT2D eigenvalue weighted by Gasteiger charge is -2.07. The lowest BCUT2D eigenvalue weighted by atomic mass is 10.3. The van der Waals surface area contributed by atoms with Gasteiger partial charge in [0.05, 0.1) is 12.8 Å². The second kappa shape index (κ2) is 4.14. The zero-order chi connectivity index (χ0) is 11.5. The van der Waals surface area contributed by atoms with Gasteiger partial charge in [-0.25, -0.2) is 4.68 Å². The number of nitrogen functional groups attached to an aromatic ring is 1. The summed E-state index contributed by atoms with van der Waals surface area (Å²) in [5.41, 5.74) is 6.56. The van der Waals surface area contributed by atoms with Gasteiger partial charge < -0.3 is 15.8 Å². The quantitative estimate of drug-likeness (QED) is 0.819. The molecule has 0 aliphatic heterocycles. The molecule has 0 unspecified atom stereocenters. The molecule has 1 aromatic carbocycles. The first-order valence-electron chi connectivity index (χ1n) is 4.92. The van der Waals surface area contributed by atoms with Gasteiger partial charge in [-0.1, -0.05) is 6.07 Å². The van der Waals surface area contributed by atoms with Crippen LogP contribution in [0.25, 0.3) is 5.69 Å². The number of methoxy groups -OCH3 is 1. The molecule has 0 saturated carbocycles. The molecule has 0 bridgehead atoms. The lowest BCUT2D eigenvalue weighted by molar-refractivity contribution is 0.414. The number of nitrogens with zero attached hydrogens (tertiary/aromatic N) is 2. The van der Waals surface area contributed by atoms with Gasteiger partial charge in [-0.05, 0) is 12.1 Å². The van der Waals surface area contributed by atoms with Crippen molar-refractivity contribution in [1.29, 1.82) is 0 Å². The highest BCUT2D eigenvalue weighted by Crippen LogP contribution is 2.21. The Morgan fingerprint density at radius 1 is 1.38 bits per heavy atom. The zero-order valence-corrected chi connectivity index (χ0v) is 9.27. The number of nitrogens with one attached hydrogen (secondary N) is 1. The monoisotopic (exact) mass is 218 g/mol. The van der Waals surface area contributed by atoms with Crippen molar-refractivity contribution in [2.24, 2.45) is 0 Å². The molecule has 0 atom stereocenters. The van der Waals surface area contributed by atoms with Crippen LogP contribution in [0, 0.1) is 0 Å². The van der Waals surface area contributed by atoms with E-state index in [1.165, 1.54) is 0 Å². The van der Waals surface area contributed by atoms with E-state index in [9.17, 15) is 0 Å². The van der Waals surface area contributed by atoms with Gasteiger partial charge in [0.25, 0.3) is 0 Å². The zero-order valence-electron chi connectivity index (χ0n) is 9.27. The fourth-order valence-electron chi connectivity index (χ4n) is 1.52. The summed E-state index contributed by atoms with van der Waals surface area (Å²) in [5.74, 6) is 2.10. The van der Waals surface area contributed by atoms with Crippen molar-refractivity contribution in [2.75, 3.05) is 25.2 Å². The van der Waals surface area contributed by atoms with Crippen molar-refractivity contribution in [3.8, 4) is 11.4 Å². The predicted octanol–water partition coefficient (Wildman–Crippen LogP) is 1.50. The summed E-state index contributed by atoms with van der Waals surface area (Å²) >= 11 is 0. The molecule has 0 aliphatic rings. The molecular weight excluding hydrogens is 204 g/mol. The number of nitrogens with two attached hydrogens (primary N) is 1. The first-order chi connectivity index (χ1) is 7.74. The van der Waals surface area contributed by atoms with E-state index >= 15 is 0 Å². The van der Waals surface area contributed by atoms with E-state index in [0.29, 0.717) is 5.82 Å². The van der Waals surface area contributed by atoms with Crippen molar-refractivity contribution in [3.63, 3.8) is 0 Å². The molecule has 0 spiro atoms. The predicted molar refractivity (Wildman–Crippen MR) is 64.1 cm³/mol. The Bertz CT molecular complexity index is 492. The third kappa shape index (κ3) is 1.79. The van der Waals surface area contributed by atoms with Crippen molar-refractivity contribution in [3.05, 3.63) is 30.3 Å². The van der Waals surface area contributed by atoms with E-state index in [1.54, 1.807) is 17.9 Å². The molecule has 0 aliphatic carbocycles.